The van der Waals surface area contributed by atoms with Crippen LogP contribution in [0.25, 0.3) is 0 Å². The Bertz CT molecular complexity index is 460. The van der Waals surface area contributed by atoms with Gasteiger partial charge in [-0.15, -0.1) is 0 Å². The molecule has 128 valence electrons. The average molecular weight is 317 g/mol. The van der Waals surface area contributed by atoms with Crippen LogP contribution in [0, 0.1) is 0 Å². The summed E-state index contributed by atoms with van der Waals surface area (Å²) in [5.74, 6) is 0.977. The van der Waals surface area contributed by atoms with Gasteiger partial charge in [0.05, 0.1) is 6.61 Å². The number of hydrogen-bond donors (Lipinski definition) is 0. The zero-order valence-electron chi connectivity index (χ0n) is 14.7. The summed E-state index contributed by atoms with van der Waals surface area (Å²) in [6.45, 7) is 11.2. The molecule has 0 amide bonds. The Morgan fingerprint density at radius 2 is 1.61 bits per heavy atom. The molecule has 2 aliphatic heterocycles. The summed E-state index contributed by atoms with van der Waals surface area (Å²) in [5.41, 5.74) is 1.39. The van der Waals surface area contributed by atoms with E-state index in [1.54, 1.807) is 0 Å². The first-order valence-corrected chi connectivity index (χ1v) is 9.11. The lowest BCUT2D eigenvalue weighted by atomic mass is 10.0. The minimum atomic E-state index is 0.735. The molecule has 2 saturated heterocycles. The number of likely N-dealkylation sites (N-methyl/N-ethyl adjacent to an activating group) is 1. The van der Waals surface area contributed by atoms with Crippen molar-refractivity contribution in [2.75, 3.05) is 52.9 Å². The molecule has 2 aliphatic rings. The highest BCUT2D eigenvalue weighted by atomic mass is 16.5. The normalized spacial score (nSPS) is 22.3. The third-order valence-corrected chi connectivity index (χ3v) is 5.25. The lowest BCUT2D eigenvalue weighted by Crippen LogP contribution is -2.52. The molecule has 0 aromatic heterocycles. The van der Waals surface area contributed by atoms with Crippen LogP contribution in [0.5, 0.6) is 5.75 Å². The molecule has 0 bridgehead atoms. The molecule has 2 heterocycles. The molecule has 1 aromatic carbocycles. The molecule has 0 N–H and O–H groups in total. The molecule has 4 nitrogen and oxygen atoms in total. The first-order valence-electron chi connectivity index (χ1n) is 9.11. The quantitative estimate of drug-likeness (QED) is 0.829. The third-order valence-electron chi connectivity index (χ3n) is 5.25. The molecular weight excluding hydrogens is 286 g/mol. The second kappa shape index (κ2) is 8.13. The van der Waals surface area contributed by atoms with Gasteiger partial charge >= 0.3 is 0 Å². The van der Waals surface area contributed by atoms with Crippen LogP contribution in [0.1, 0.15) is 25.3 Å². The predicted molar refractivity (Wildman–Crippen MR) is 95.0 cm³/mol. The predicted octanol–water partition coefficient (Wildman–Crippen LogP) is 2.30. The van der Waals surface area contributed by atoms with Crippen molar-refractivity contribution in [3.05, 3.63) is 29.8 Å². The molecule has 2 fully saturated rings. The van der Waals surface area contributed by atoms with E-state index in [1.165, 1.54) is 57.7 Å². The van der Waals surface area contributed by atoms with Crippen molar-refractivity contribution in [1.29, 1.82) is 0 Å². The van der Waals surface area contributed by atoms with Gasteiger partial charge in [0, 0.05) is 38.8 Å². The van der Waals surface area contributed by atoms with Crippen LogP contribution in [0.15, 0.2) is 24.3 Å². The zero-order chi connectivity index (χ0) is 16.1. The van der Waals surface area contributed by atoms with E-state index in [1.807, 2.05) is 6.92 Å². The van der Waals surface area contributed by atoms with Crippen LogP contribution in [0.3, 0.4) is 0 Å². The molecule has 3 rings (SSSR count). The van der Waals surface area contributed by atoms with Crippen molar-refractivity contribution in [3.63, 3.8) is 0 Å². The Balaban J connectivity index is 1.43. The monoisotopic (exact) mass is 317 g/mol. The van der Waals surface area contributed by atoms with Crippen molar-refractivity contribution in [2.45, 2.75) is 32.4 Å². The Kier molecular flexibility index (Phi) is 5.92. The Morgan fingerprint density at radius 3 is 2.22 bits per heavy atom. The van der Waals surface area contributed by atoms with Gasteiger partial charge in [0.15, 0.2) is 0 Å². The van der Waals surface area contributed by atoms with Crippen molar-refractivity contribution < 1.29 is 4.74 Å². The molecular formula is C19H31N3O. The van der Waals surface area contributed by atoms with Gasteiger partial charge in [-0.05, 0) is 57.6 Å². The maximum absolute atomic E-state index is 5.52. The van der Waals surface area contributed by atoms with Crippen molar-refractivity contribution in [1.82, 2.24) is 14.7 Å². The molecule has 23 heavy (non-hydrogen) atoms. The summed E-state index contributed by atoms with van der Waals surface area (Å²) < 4.78 is 5.52. The molecule has 0 atom stereocenters. The van der Waals surface area contributed by atoms with E-state index >= 15 is 0 Å². The van der Waals surface area contributed by atoms with E-state index in [9.17, 15) is 0 Å². The highest BCUT2D eigenvalue weighted by Gasteiger charge is 2.26. The van der Waals surface area contributed by atoms with Crippen molar-refractivity contribution >= 4 is 0 Å². The minimum absolute atomic E-state index is 0.735. The number of likely N-dealkylation sites (tertiary alicyclic amines) is 1. The number of piperazine rings is 1. The number of benzene rings is 1. The molecule has 0 aliphatic carbocycles. The Morgan fingerprint density at radius 1 is 0.957 bits per heavy atom. The molecule has 0 saturated carbocycles. The summed E-state index contributed by atoms with van der Waals surface area (Å²) in [6.07, 6.45) is 2.64. The van der Waals surface area contributed by atoms with Crippen LogP contribution in [-0.2, 0) is 6.54 Å². The minimum Gasteiger partial charge on any atom is -0.494 e. The smallest absolute Gasteiger partial charge is 0.119 e. The van der Waals surface area contributed by atoms with Gasteiger partial charge < -0.3 is 9.64 Å². The van der Waals surface area contributed by atoms with Crippen LogP contribution in [0.4, 0.5) is 0 Å². The van der Waals surface area contributed by atoms with Gasteiger partial charge in [-0.1, -0.05) is 12.1 Å². The molecule has 0 radical (unpaired) electrons. The van der Waals surface area contributed by atoms with Crippen molar-refractivity contribution in [2.24, 2.45) is 0 Å². The second-order valence-corrected chi connectivity index (χ2v) is 6.92. The molecule has 4 heteroatoms. The largest absolute Gasteiger partial charge is 0.494 e. The van der Waals surface area contributed by atoms with Gasteiger partial charge in [0.2, 0.25) is 0 Å². The van der Waals surface area contributed by atoms with E-state index in [2.05, 4.69) is 46.0 Å². The van der Waals surface area contributed by atoms with Gasteiger partial charge in [-0.3, -0.25) is 9.80 Å². The standard InChI is InChI=1S/C19H31N3O/c1-3-23-19-6-4-17(5-7-19)16-21-10-8-18(9-11-21)22-14-12-20(2)13-15-22/h4-7,18H,3,8-16H2,1-2H3. The van der Waals surface area contributed by atoms with E-state index in [4.69, 9.17) is 4.74 Å². The fourth-order valence-electron chi connectivity index (χ4n) is 3.75. The van der Waals surface area contributed by atoms with Gasteiger partial charge in [0.25, 0.3) is 0 Å². The van der Waals surface area contributed by atoms with Crippen LogP contribution < -0.4 is 4.74 Å². The van der Waals surface area contributed by atoms with Gasteiger partial charge in [0.1, 0.15) is 5.75 Å². The highest BCUT2D eigenvalue weighted by molar-refractivity contribution is 5.27. The first-order chi connectivity index (χ1) is 11.2. The number of piperidine rings is 1. The fourth-order valence-corrected chi connectivity index (χ4v) is 3.75. The lowest BCUT2D eigenvalue weighted by molar-refractivity contribution is 0.0658. The van der Waals surface area contributed by atoms with Crippen molar-refractivity contribution in [3.8, 4) is 5.75 Å². The summed E-state index contributed by atoms with van der Waals surface area (Å²) in [4.78, 5) is 7.76. The van der Waals surface area contributed by atoms with Crippen LogP contribution in [-0.4, -0.2) is 73.7 Å². The third kappa shape index (κ3) is 4.69. The first kappa shape index (κ1) is 16.7. The number of ether oxygens (including phenoxy) is 1. The maximum atomic E-state index is 5.52. The van der Waals surface area contributed by atoms with E-state index in [0.717, 1.165) is 24.9 Å². The SMILES string of the molecule is CCOc1ccc(CN2CCC(N3CCN(C)CC3)CC2)cc1. The molecule has 0 unspecified atom stereocenters. The number of hydrogen-bond acceptors (Lipinski definition) is 4. The van der Waals surface area contributed by atoms with Gasteiger partial charge in [-0.2, -0.15) is 0 Å². The molecule has 0 spiro atoms. The summed E-state index contributed by atoms with van der Waals surface area (Å²) in [6, 6.07) is 9.40. The second-order valence-electron chi connectivity index (χ2n) is 6.92. The van der Waals surface area contributed by atoms with E-state index in [-0.39, 0.29) is 0 Å². The molecule has 1 aromatic rings. The zero-order valence-corrected chi connectivity index (χ0v) is 14.7. The topological polar surface area (TPSA) is 19.0 Å². The number of nitrogens with zero attached hydrogens (tertiary/aromatic N) is 3. The fraction of sp³-hybridized carbons (Fsp3) is 0.684. The highest BCUT2D eigenvalue weighted by Crippen LogP contribution is 2.20. The summed E-state index contributed by atoms with van der Waals surface area (Å²) >= 11 is 0. The average Bonchev–Trinajstić information content (AvgIpc) is 2.58. The van der Waals surface area contributed by atoms with Crippen LogP contribution in [0.2, 0.25) is 0 Å². The van der Waals surface area contributed by atoms with E-state index < -0.39 is 0 Å². The lowest BCUT2D eigenvalue weighted by Gasteiger charge is -2.42. The summed E-state index contributed by atoms with van der Waals surface area (Å²) in [5, 5.41) is 0. The Labute approximate surface area is 141 Å². The maximum Gasteiger partial charge on any atom is 0.119 e. The Hall–Kier alpha value is -1.10. The van der Waals surface area contributed by atoms with Gasteiger partial charge in [-0.25, -0.2) is 0 Å². The summed E-state index contributed by atoms with van der Waals surface area (Å²) in [7, 11) is 2.23. The van der Waals surface area contributed by atoms with E-state index in [0.29, 0.717) is 0 Å². The number of rotatable bonds is 5. The van der Waals surface area contributed by atoms with Crippen LogP contribution >= 0.6 is 0 Å².